The van der Waals surface area contributed by atoms with Crippen LogP contribution in [0.25, 0.3) is 0 Å². The second-order valence-corrected chi connectivity index (χ2v) is 9.55. The number of rotatable bonds is 2. The fourth-order valence-corrected chi connectivity index (χ4v) is 5.87. The third-order valence-corrected chi connectivity index (χ3v) is 7.46. The Bertz CT molecular complexity index is 1040. The number of Topliss-reactive ketones (excluding diaryl/α,β-unsaturated/α-hetero) is 1. The van der Waals surface area contributed by atoms with Crippen LogP contribution in [-0.2, 0) is 4.79 Å². The Kier molecular flexibility index (Phi) is 4.31. The third-order valence-electron chi connectivity index (χ3n) is 5.13. The van der Waals surface area contributed by atoms with Crippen molar-refractivity contribution in [3.8, 4) is 0 Å². The first-order valence-corrected chi connectivity index (χ1v) is 10.9. The maximum Gasteiger partial charge on any atom is 0.163 e. The second kappa shape index (κ2) is 6.82. The van der Waals surface area contributed by atoms with E-state index in [0.29, 0.717) is 6.42 Å². The number of halogens is 1. The monoisotopic (exact) mass is 412 g/mol. The molecule has 136 valence electrons. The van der Waals surface area contributed by atoms with E-state index in [2.05, 4.69) is 34.2 Å². The van der Waals surface area contributed by atoms with Crippen LogP contribution in [-0.4, -0.2) is 5.78 Å². The normalized spacial score (nSPS) is 21.7. The molecule has 0 radical (unpaired) electrons. The zero-order valence-electron chi connectivity index (χ0n) is 14.4. The zero-order chi connectivity index (χ0) is 18.4. The van der Waals surface area contributed by atoms with E-state index >= 15 is 0 Å². The predicted molar refractivity (Wildman–Crippen MR) is 114 cm³/mol. The van der Waals surface area contributed by atoms with Gasteiger partial charge in [-0.1, -0.05) is 29.8 Å². The van der Waals surface area contributed by atoms with Crippen LogP contribution < -0.4 is 10.6 Å². The highest BCUT2D eigenvalue weighted by molar-refractivity contribution is 7.16. The summed E-state index contributed by atoms with van der Waals surface area (Å²) in [5.74, 6) is 0.443. The Balaban J connectivity index is 1.62. The average molecular weight is 413 g/mol. The molecule has 1 aromatic carbocycles. The number of para-hydroxylation sites is 2. The molecule has 2 aliphatic rings. The maximum absolute atomic E-state index is 13.3. The van der Waals surface area contributed by atoms with Gasteiger partial charge in [0.05, 0.1) is 21.8 Å². The third kappa shape index (κ3) is 3.10. The number of nitrogens with one attached hydrogen (secondary N) is 2. The van der Waals surface area contributed by atoms with E-state index in [1.807, 2.05) is 30.3 Å². The molecule has 0 bridgehead atoms. The van der Waals surface area contributed by atoms with Crippen LogP contribution in [0.2, 0.25) is 4.34 Å². The molecule has 1 aliphatic carbocycles. The summed E-state index contributed by atoms with van der Waals surface area (Å²) in [4.78, 5) is 15.6. The molecule has 3 aromatic rings. The van der Waals surface area contributed by atoms with Crippen molar-refractivity contribution in [2.24, 2.45) is 0 Å². The van der Waals surface area contributed by atoms with E-state index in [1.54, 1.807) is 11.3 Å². The Labute approximate surface area is 170 Å². The van der Waals surface area contributed by atoms with Crippen molar-refractivity contribution >= 4 is 51.4 Å². The molecule has 0 amide bonds. The quantitative estimate of drug-likeness (QED) is 0.508. The largest absolute Gasteiger partial charge is 0.372 e. The minimum atomic E-state index is -0.176. The fourth-order valence-electron chi connectivity index (χ4n) is 3.91. The molecule has 0 fully saturated rings. The van der Waals surface area contributed by atoms with Crippen molar-refractivity contribution in [1.29, 1.82) is 0 Å². The van der Waals surface area contributed by atoms with Gasteiger partial charge in [0.2, 0.25) is 0 Å². The van der Waals surface area contributed by atoms with Crippen LogP contribution in [0.1, 0.15) is 34.6 Å². The highest BCUT2D eigenvalue weighted by atomic mass is 35.5. The summed E-state index contributed by atoms with van der Waals surface area (Å²) in [6.45, 7) is 0. The van der Waals surface area contributed by atoms with E-state index in [0.717, 1.165) is 38.3 Å². The minimum Gasteiger partial charge on any atom is -0.372 e. The molecule has 3 heterocycles. The topological polar surface area (TPSA) is 41.1 Å². The first kappa shape index (κ1) is 17.0. The van der Waals surface area contributed by atoms with Crippen molar-refractivity contribution in [2.75, 3.05) is 10.6 Å². The molecule has 2 aromatic heterocycles. The number of hydrogen-bond acceptors (Lipinski definition) is 5. The summed E-state index contributed by atoms with van der Waals surface area (Å²) in [5, 5.41) is 9.23. The van der Waals surface area contributed by atoms with Crippen LogP contribution in [0.3, 0.4) is 0 Å². The van der Waals surface area contributed by atoms with Crippen LogP contribution in [0.4, 0.5) is 11.4 Å². The molecule has 6 heteroatoms. The van der Waals surface area contributed by atoms with Crippen LogP contribution >= 0.6 is 34.3 Å². The molecule has 27 heavy (non-hydrogen) atoms. The van der Waals surface area contributed by atoms with Crippen molar-refractivity contribution in [3.63, 3.8) is 0 Å². The molecule has 2 atom stereocenters. The van der Waals surface area contributed by atoms with E-state index in [-0.39, 0.29) is 17.7 Å². The molecule has 0 spiro atoms. The molecule has 5 rings (SSSR count). The lowest BCUT2D eigenvalue weighted by Crippen LogP contribution is -2.26. The fraction of sp³-hybridized carbons (Fsp3) is 0.190. The highest BCUT2D eigenvalue weighted by Crippen LogP contribution is 2.46. The highest BCUT2D eigenvalue weighted by Gasteiger charge is 2.36. The van der Waals surface area contributed by atoms with E-state index in [9.17, 15) is 4.79 Å². The Morgan fingerprint density at radius 2 is 1.81 bits per heavy atom. The van der Waals surface area contributed by atoms with Crippen molar-refractivity contribution in [2.45, 2.75) is 24.8 Å². The average Bonchev–Trinajstić information content (AvgIpc) is 3.30. The van der Waals surface area contributed by atoms with Gasteiger partial charge in [0.1, 0.15) is 0 Å². The molecule has 0 saturated heterocycles. The summed E-state index contributed by atoms with van der Waals surface area (Å²) < 4.78 is 0.735. The number of hydrogen-bond donors (Lipinski definition) is 2. The standard InChI is InChI=1S/C21H17ClN2OS2/c22-19-8-7-18(27-19)21-20-15(23-13-4-1-2-5-14(13)24-21)10-12(11-16(20)25)17-6-3-9-26-17/h1-9,12,21,23-24H,10-11H2/t12-,21-/m0/s1. The summed E-state index contributed by atoms with van der Waals surface area (Å²) in [7, 11) is 0. The molecule has 3 nitrogen and oxygen atoms in total. The molecule has 0 saturated carbocycles. The second-order valence-electron chi connectivity index (χ2n) is 6.83. The Morgan fingerprint density at radius 1 is 0.963 bits per heavy atom. The van der Waals surface area contributed by atoms with Gasteiger partial charge in [0.25, 0.3) is 0 Å². The van der Waals surface area contributed by atoms with Gasteiger partial charge in [-0.3, -0.25) is 4.79 Å². The van der Waals surface area contributed by atoms with E-state index in [4.69, 9.17) is 11.6 Å². The number of ketones is 1. The van der Waals surface area contributed by atoms with Crippen molar-refractivity contribution in [3.05, 3.63) is 79.3 Å². The van der Waals surface area contributed by atoms with Gasteiger partial charge in [-0.25, -0.2) is 0 Å². The zero-order valence-corrected chi connectivity index (χ0v) is 16.8. The predicted octanol–water partition coefficient (Wildman–Crippen LogP) is 6.44. The first-order valence-electron chi connectivity index (χ1n) is 8.86. The summed E-state index contributed by atoms with van der Waals surface area (Å²) >= 11 is 9.45. The summed E-state index contributed by atoms with van der Waals surface area (Å²) in [5.41, 5.74) is 3.88. The Hall–Kier alpha value is -2.08. The van der Waals surface area contributed by atoms with Crippen molar-refractivity contribution < 1.29 is 4.79 Å². The van der Waals surface area contributed by atoms with E-state index in [1.165, 1.54) is 16.2 Å². The molecular formula is C21H17ClN2OS2. The van der Waals surface area contributed by atoms with Gasteiger partial charge < -0.3 is 10.6 Å². The Morgan fingerprint density at radius 3 is 2.56 bits per heavy atom. The molecule has 2 N–H and O–H groups in total. The van der Waals surface area contributed by atoms with Gasteiger partial charge in [-0.15, -0.1) is 22.7 Å². The SMILES string of the molecule is O=C1C[C@@H](c2cccs2)CC2=C1[C@H](c1ccc(Cl)s1)Nc1ccccc1N2. The number of anilines is 2. The molecular weight excluding hydrogens is 396 g/mol. The first-order chi connectivity index (χ1) is 13.2. The summed E-state index contributed by atoms with van der Waals surface area (Å²) in [6.07, 6.45) is 1.39. The van der Waals surface area contributed by atoms with Gasteiger partial charge in [0.15, 0.2) is 5.78 Å². The van der Waals surface area contributed by atoms with Gasteiger partial charge in [-0.2, -0.15) is 0 Å². The number of benzene rings is 1. The number of carbonyl (C=O) groups excluding carboxylic acids is 1. The maximum atomic E-state index is 13.3. The number of thiophene rings is 2. The molecule has 0 unspecified atom stereocenters. The van der Waals surface area contributed by atoms with Gasteiger partial charge >= 0.3 is 0 Å². The summed E-state index contributed by atoms with van der Waals surface area (Å²) in [6, 6.07) is 16.0. The lowest BCUT2D eigenvalue weighted by atomic mass is 9.82. The van der Waals surface area contributed by atoms with Gasteiger partial charge in [-0.05, 0) is 42.1 Å². The minimum absolute atomic E-state index is 0.176. The van der Waals surface area contributed by atoms with E-state index < -0.39 is 0 Å². The van der Waals surface area contributed by atoms with Crippen LogP contribution in [0.5, 0.6) is 0 Å². The van der Waals surface area contributed by atoms with Gasteiger partial charge in [0, 0.05) is 33.4 Å². The molecule has 1 aliphatic heterocycles. The van der Waals surface area contributed by atoms with Crippen LogP contribution in [0, 0.1) is 0 Å². The number of carbonyl (C=O) groups is 1. The van der Waals surface area contributed by atoms with Crippen LogP contribution in [0.15, 0.2) is 65.2 Å². The smallest absolute Gasteiger partial charge is 0.163 e. The lowest BCUT2D eigenvalue weighted by Gasteiger charge is -2.28. The number of fused-ring (bicyclic) bond motifs is 1. The lowest BCUT2D eigenvalue weighted by molar-refractivity contribution is -0.116. The number of allylic oxidation sites excluding steroid dienone is 1. The van der Waals surface area contributed by atoms with Crippen molar-refractivity contribution in [1.82, 2.24) is 0 Å².